The van der Waals surface area contributed by atoms with Gasteiger partial charge in [-0.3, -0.25) is 4.31 Å². The van der Waals surface area contributed by atoms with Gasteiger partial charge in [-0.2, -0.15) is 4.98 Å². The van der Waals surface area contributed by atoms with Crippen molar-refractivity contribution in [3.8, 4) is 17.0 Å². The van der Waals surface area contributed by atoms with Gasteiger partial charge >= 0.3 is 0 Å². The molecule has 8 nitrogen and oxygen atoms in total. The highest BCUT2D eigenvalue weighted by Crippen LogP contribution is 2.37. The minimum atomic E-state index is -3.44. The molecule has 2 aliphatic rings. The molecule has 0 bridgehead atoms. The van der Waals surface area contributed by atoms with Crippen LogP contribution in [0.15, 0.2) is 24.3 Å². The first kappa shape index (κ1) is 19.9. The number of hydrogen-bond acceptors (Lipinski definition) is 7. The van der Waals surface area contributed by atoms with Crippen LogP contribution in [0.3, 0.4) is 0 Å². The number of morpholine rings is 1. The molecule has 1 fully saturated rings. The summed E-state index contributed by atoms with van der Waals surface area (Å²) in [6.07, 6.45) is 1.99. The number of phenols is 1. The zero-order valence-corrected chi connectivity index (χ0v) is 17.4. The number of aromatic nitrogens is 2. The van der Waals surface area contributed by atoms with E-state index < -0.39 is 10.0 Å². The second kappa shape index (κ2) is 8.16. The molecular formula is C20H26N4O4S. The molecule has 0 spiro atoms. The highest BCUT2D eigenvalue weighted by Gasteiger charge is 2.34. The van der Waals surface area contributed by atoms with Gasteiger partial charge in [0, 0.05) is 30.8 Å². The van der Waals surface area contributed by atoms with Crippen molar-refractivity contribution in [3.05, 3.63) is 29.8 Å². The van der Waals surface area contributed by atoms with E-state index in [1.807, 2.05) is 17.9 Å². The maximum atomic E-state index is 12.9. The number of ether oxygens (including phenoxy) is 1. The molecule has 0 unspecified atom stereocenters. The number of fused-ring (bicyclic) bond motifs is 1. The fourth-order valence-corrected chi connectivity index (χ4v) is 5.38. The second-order valence-corrected chi connectivity index (χ2v) is 9.33. The Labute approximate surface area is 171 Å². The standard InChI is InChI=1S/C20H26N4O4S/c1-2-3-13-29(26,27)24-8-7-17-18(15-5-4-6-16(25)14-15)21-20(22-19(17)24)23-9-11-28-12-10-23/h4-6,14,25H,2-3,7-13H2,1H3. The Kier molecular flexibility index (Phi) is 5.60. The van der Waals surface area contributed by atoms with Crippen molar-refractivity contribution in [1.82, 2.24) is 9.97 Å². The SMILES string of the molecule is CCCCS(=O)(=O)N1CCc2c(-c3cccc(O)c3)nc(N3CCOCC3)nc21. The van der Waals surface area contributed by atoms with Crippen molar-refractivity contribution >= 4 is 21.8 Å². The first-order valence-corrected chi connectivity index (χ1v) is 11.6. The second-order valence-electron chi connectivity index (χ2n) is 7.32. The molecule has 0 aliphatic carbocycles. The molecule has 0 radical (unpaired) electrons. The number of benzene rings is 1. The highest BCUT2D eigenvalue weighted by molar-refractivity contribution is 7.92. The fourth-order valence-electron chi connectivity index (χ4n) is 3.72. The van der Waals surface area contributed by atoms with Gasteiger partial charge in [-0.1, -0.05) is 25.5 Å². The first-order valence-electron chi connectivity index (χ1n) is 10.0. The number of anilines is 2. The van der Waals surface area contributed by atoms with E-state index >= 15 is 0 Å². The lowest BCUT2D eigenvalue weighted by Gasteiger charge is -2.28. The van der Waals surface area contributed by atoms with Crippen LogP contribution in [-0.4, -0.2) is 62.1 Å². The van der Waals surface area contributed by atoms with E-state index in [1.54, 1.807) is 18.2 Å². The van der Waals surface area contributed by atoms with Crippen LogP contribution in [-0.2, 0) is 21.2 Å². The Balaban J connectivity index is 1.82. The van der Waals surface area contributed by atoms with Crippen molar-refractivity contribution < 1.29 is 18.3 Å². The minimum Gasteiger partial charge on any atom is -0.508 e. The lowest BCUT2D eigenvalue weighted by atomic mass is 10.1. The van der Waals surface area contributed by atoms with Crippen molar-refractivity contribution in [2.45, 2.75) is 26.2 Å². The predicted octanol–water partition coefficient (Wildman–Crippen LogP) is 2.18. The molecular weight excluding hydrogens is 392 g/mol. The normalized spacial score (nSPS) is 16.9. The Hall–Kier alpha value is -2.39. The molecule has 1 aromatic heterocycles. The third-order valence-corrected chi connectivity index (χ3v) is 7.11. The summed E-state index contributed by atoms with van der Waals surface area (Å²) >= 11 is 0. The summed E-state index contributed by atoms with van der Waals surface area (Å²) in [5.41, 5.74) is 2.25. The Bertz CT molecular complexity index is 990. The predicted molar refractivity (Wildman–Crippen MR) is 112 cm³/mol. The molecule has 3 heterocycles. The average molecular weight is 419 g/mol. The van der Waals surface area contributed by atoms with Gasteiger partial charge in [-0.05, 0) is 25.0 Å². The summed E-state index contributed by atoms with van der Waals surface area (Å²) in [7, 11) is -3.44. The molecule has 1 N–H and O–H groups in total. The van der Waals surface area contributed by atoms with Gasteiger partial charge in [0.25, 0.3) is 0 Å². The lowest BCUT2D eigenvalue weighted by molar-refractivity contribution is 0.122. The van der Waals surface area contributed by atoms with Gasteiger partial charge in [0.2, 0.25) is 16.0 Å². The molecule has 0 saturated carbocycles. The molecule has 0 amide bonds. The number of nitrogens with zero attached hydrogens (tertiary/aromatic N) is 4. The number of unbranched alkanes of at least 4 members (excludes halogenated alkanes) is 1. The lowest BCUT2D eigenvalue weighted by Crippen LogP contribution is -2.38. The van der Waals surface area contributed by atoms with E-state index in [-0.39, 0.29) is 11.5 Å². The number of rotatable bonds is 6. The smallest absolute Gasteiger partial charge is 0.236 e. The molecule has 29 heavy (non-hydrogen) atoms. The van der Waals surface area contributed by atoms with E-state index in [0.29, 0.717) is 63.1 Å². The van der Waals surface area contributed by atoms with Gasteiger partial charge in [-0.25, -0.2) is 13.4 Å². The molecule has 4 rings (SSSR count). The summed E-state index contributed by atoms with van der Waals surface area (Å²) in [5.74, 6) is 1.23. The summed E-state index contributed by atoms with van der Waals surface area (Å²) in [4.78, 5) is 11.5. The van der Waals surface area contributed by atoms with Gasteiger partial charge in [0.15, 0.2) is 5.82 Å². The maximum Gasteiger partial charge on any atom is 0.236 e. The number of sulfonamides is 1. The van der Waals surface area contributed by atoms with E-state index in [1.165, 1.54) is 4.31 Å². The molecule has 9 heteroatoms. The van der Waals surface area contributed by atoms with Crippen LogP contribution in [0.4, 0.5) is 11.8 Å². The van der Waals surface area contributed by atoms with Crippen molar-refractivity contribution in [3.63, 3.8) is 0 Å². The zero-order valence-electron chi connectivity index (χ0n) is 16.5. The number of hydrogen-bond donors (Lipinski definition) is 1. The van der Waals surface area contributed by atoms with Gasteiger partial charge < -0.3 is 14.7 Å². The Morgan fingerprint density at radius 1 is 1.17 bits per heavy atom. The first-order chi connectivity index (χ1) is 14.0. The molecule has 1 aromatic carbocycles. The third-order valence-electron chi connectivity index (χ3n) is 5.28. The molecule has 2 aliphatic heterocycles. The van der Waals surface area contributed by atoms with E-state index in [0.717, 1.165) is 17.5 Å². The topological polar surface area (TPSA) is 95.9 Å². The van der Waals surface area contributed by atoms with Crippen LogP contribution < -0.4 is 9.21 Å². The van der Waals surface area contributed by atoms with Crippen molar-refractivity contribution in [2.75, 3.05) is 47.8 Å². The van der Waals surface area contributed by atoms with Crippen LogP contribution in [0.2, 0.25) is 0 Å². The minimum absolute atomic E-state index is 0.112. The Morgan fingerprint density at radius 3 is 2.69 bits per heavy atom. The summed E-state index contributed by atoms with van der Waals surface area (Å²) in [5, 5.41) is 9.94. The summed E-state index contributed by atoms with van der Waals surface area (Å²) in [6, 6.07) is 6.90. The molecule has 1 saturated heterocycles. The number of phenolic OH excluding ortho intramolecular Hbond substituents is 1. The van der Waals surface area contributed by atoms with Gasteiger partial charge in [0.1, 0.15) is 5.75 Å². The van der Waals surface area contributed by atoms with E-state index in [4.69, 9.17) is 9.72 Å². The molecule has 156 valence electrons. The largest absolute Gasteiger partial charge is 0.508 e. The van der Waals surface area contributed by atoms with E-state index in [2.05, 4.69) is 4.98 Å². The Morgan fingerprint density at radius 2 is 1.97 bits per heavy atom. The van der Waals surface area contributed by atoms with Crippen LogP contribution in [0.5, 0.6) is 5.75 Å². The van der Waals surface area contributed by atoms with Crippen LogP contribution in [0, 0.1) is 0 Å². The van der Waals surface area contributed by atoms with Crippen LogP contribution in [0.1, 0.15) is 25.3 Å². The van der Waals surface area contributed by atoms with Crippen LogP contribution in [0.25, 0.3) is 11.3 Å². The van der Waals surface area contributed by atoms with Crippen molar-refractivity contribution in [1.29, 1.82) is 0 Å². The summed E-state index contributed by atoms with van der Waals surface area (Å²) < 4.78 is 32.7. The van der Waals surface area contributed by atoms with Crippen LogP contribution >= 0.6 is 0 Å². The highest BCUT2D eigenvalue weighted by atomic mass is 32.2. The molecule has 2 aromatic rings. The number of aromatic hydroxyl groups is 1. The zero-order chi connectivity index (χ0) is 20.4. The van der Waals surface area contributed by atoms with Gasteiger partial charge in [-0.15, -0.1) is 0 Å². The third kappa shape index (κ3) is 4.02. The van der Waals surface area contributed by atoms with E-state index in [9.17, 15) is 13.5 Å². The van der Waals surface area contributed by atoms with Crippen molar-refractivity contribution in [2.24, 2.45) is 0 Å². The quantitative estimate of drug-likeness (QED) is 0.768. The fraction of sp³-hybridized carbons (Fsp3) is 0.500. The van der Waals surface area contributed by atoms with Gasteiger partial charge in [0.05, 0.1) is 24.7 Å². The monoisotopic (exact) mass is 418 g/mol. The average Bonchev–Trinajstić information content (AvgIpc) is 3.17. The maximum absolute atomic E-state index is 12.9. The molecule has 0 atom stereocenters. The summed E-state index contributed by atoms with van der Waals surface area (Å²) in [6.45, 7) is 4.82.